The number of ether oxygens (including phenoxy) is 2. The van der Waals surface area contributed by atoms with Crippen molar-refractivity contribution in [1.82, 2.24) is 0 Å². The van der Waals surface area contributed by atoms with Gasteiger partial charge in [0.1, 0.15) is 18.5 Å². The smallest absolute Gasteiger partial charge is 0.217 e. The lowest BCUT2D eigenvalue weighted by molar-refractivity contribution is -0.617. The van der Waals surface area contributed by atoms with E-state index in [2.05, 4.69) is 66.2 Å². The maximum atomic E-state index is 5.82. The van der Waals surface area contributed by atoms with Gasteiger partial charge in [-0.2, -0.15) is 4.57 Å². The Morgan fingerprint density at radius 2 is 1.17 bits per heavy atom. The van der Waals surface area contributed by atoms with Gasteiger partial charge in [0.2, 0.25) is 11.0 Å². The SMILES string of the molecule is COc1cccc2c1c(-c1cccc3ccccc13)c1c(OC)cccc1[n+]2C.[Br-]. The first-order chi connectivity index (χ1) is 14.2. The van der Waals surface area contributed by atoms with Gasteiger partial charge >= 0.3 is 0 Å². The molecule has 0 unspecified atom stereocenters. The van der Waals surface area contributed by atoms with Crippen LogP contribution < -0.4 is 31.0 Å². The van der Waals surface area contributed by atoms with Gasteiger partial charge in [0.15, 0.2) is 0 Å². The summed E-state index contributed by atoms with van der Waals surface area (Å²) in [4.78, 5) is 0. The number of benzene rings is 4. The van der Waals surface area contributed by atoms with Gasteiger partial charge in [-0.15, -0.1) is 0 Å². The van der Waals surface area contributed by atoms with Gasteiger partial charge in [-0.25, -0.2) is 0 Å². The van der Waals surface area contributed by atoms with Crippen LogP contribution in [-0.4, -0.2) is 14.2 Å². The Kier molecular flexibility index (Phi) is 5.35. The first-order valence-corrected chi connectivity index (χ1v) is 9.68. The molecule has 0 saturated heterocycles. The summed E-state index contributed by atoms with van der Waals surface area (Å²) in [6.45, 7) is 0. The lowest BCUT2D eigenvalue weighted by Gasteiger charge is -2.16. The van der Waals surface area contributed by atoms with E-state index in [9.17, 15) is 0 Å². The van der Waals surface area contributed by atoms with E-state index in [-0.39, 0.29) is 17.0 Å². The third-order valence-corrected chi connectivity index (χ3v) is 5.73. The number of methoxy groups -OCH3 is 2. The summed E-state index contributed by atoms with van der Waals surface area (Å²) in [7, 11) is 5.55. The summed E-state index contributed by atoms with van der Waals surface area (Å²) in [6.07, 6.45) is 0. The third-order valence-electron chi connectivity index (χ3n) is 5.73. The number of nitrogens with zero attached hydrogens (tertiary/aromatic N) is 1. The number of hydrogen-bond acceptors (Lipinski definition) is 2. The van der Waals surface area contributed by atoms with Gasteiger partial charge < -0.3 is 26.5 Å². The summed E-state index contributed by atoms with van der Waals surface area (Å²) < 4.78 is 13.9. The molecule has 0 radical (unpaired) electrons. The zero-order valence-corrected chi connectivity index (χ0v) is 18.7. The second-order valence-electron chi connectivity index (χ2n) is 7.17. The average Bonchev–Trinajstić information content (AvgIpc) is 2.78. The predicted octanol–water partition coefficient (Wildman–Crippen LogP) is 2.66. The lowest BCUT2D eigenvalue weighted by Crippen LogP contribution is -3.00. The summed E-state index contributed by atoms with van der Waals surface area (Å²) in [6, 6.07) is 27.4. The fraction of sp³-hybridized carbons (Fsp3) is 0.115. The van der Waals surface area contributed by atoms with E-state index in [0.717, 1.165) is 38.9 Å². The van der Waals surface area contributed by atoms with Crippen LogP contribution in [0.15, 0.2) is 78.9 Å². The highest BCUT2D eigenvalue weighted by molar-refractivity contribution is 6.16. The van der Waals surface area contributed by atoms with Crippen LogP contribution >= 0.6 is 0 Å². The molecular weight excluding hydrogens is 438 g/mol. The maximum Gasteiger partial charge on any atom is 0.217 e. The summed E-state index contributed by atoms with van der Waals surface area (Å²) in [5.41, 5.74) is 4.55. The minimum Gasteiger partial charge on any atom is -1.00 e. The normalized spacial score (nSPS) is 10.9. The quantitative estimate of drug-likeness (QED) is 0.305. The van der Waals surface area contributed by atoms with Crippen LogP contribution in [-0.2, 0) is 7.05 Å². The van der Waals surface area contributed by atoms with Crippen LogP contribution in [0.4, 0.5) is 0 Å². The van der Waals surface area contributed by atoms with Gasteiger partial charge in [-0.3, -0.25) is 0 Å². The van der Waals surface area contributed by atoms with Crippen molar-refractivity contribution in [1.29, 1.82) is 0 Å². The van der Waals surface area contributed by atoms with Crippen LogP contribution in [0.5, 0.6) is 11.5 Å². The second kappa shape index (κ2) is 7.96. The maximum absolute atomic E-state index is 5.82. The summed E-state index contributed by atoms with van der Waals surface area (Å²) in [5, 5.41) is 4.60. The first kappa shape index (κ1) is 20.2. The molecule has 4 aromatic carbocycles. The summed E-state index contributed by atoms with van der Waals surface area (Å²) >= 11 is 0. The molecule has 0 spiro atoms. The Morgan fingerprint density at radius 1 is 0.633 bits per heavy atom. The van der Waals surface area contributed by atoms with Crippen molar-refractivity contribution in [3.8, 4) is 22.6 Å². The Morgan fingerprint density at radius 3 is 1.77 bits per heavy atom. The van der Waals surface area contributed by atoms with Crippen molar-refractivity contribution in [2.24, 2.45) is 7.05 Å². The molecule has 0 atom stereocenters. The van der Waals surface area contributed by atoms with Crippen molar-refractivity contribution >= 4 is 32.6 Å². The zero-order valence-electron chi connectivity index (χ0n) is 17.1. The number of fused-ring (bicyclic) bond motifs is 3. The van der Waals surface area contributed by atoms with Crippen molar-refractivity contribution in [3.63, 3.8) is 0 Å². The third kappa shape index (κ3) is 2.91. The average molecular weight is 460 g/mol. The molecule has 1 aromatic heterocycles. The molecule has 0 saturated carbocycles. The van der Waals surface area contributed by atoms with Crippen molar-refractivity contribution in [3.05, 3.63) is 78.9 Å². The Hall–Kier alpha value is -3.11. The molecule has 1 heterocycles. The molecule has 150 valence electrons. The van der Waals surface area contributed by atoms with Crippen LogP contribution in [0.2, 0.25) is 0 Å². The number of halogens is 1. The van der Waals surface area contributed by atoms with Crippen LogP contribution in [0.1, 0.15) is 0 Å². The highest BCUT2D eigenvalue weighted by Gasteiger charge is 2.25. The molecule has 30 heavy (non-hydrogen) atoms. The number of aryl methyl sites for hydroxylation is 1. The minimum absolute atomic E-state index is 0. The molecular formula is C26H22BrNO2. The zero-order chi connectivity index (χ0) is 20.0. The van der Waals surface area contributed by atoms with E-state index in [1.165, 1.54) is 16.3 Å². The van der Waals surface area contributed by atoms with E-state index < -0.39 is 0 Å². The number of pyridine rings is 1. The van der Waals surface area contributed by atoms with Crippen LogP contribution in [0.25, 0.3) is 43.7 Å². The number of hydrogen-bond donors (Lipinski definition) is 0. The van der Waals surface area contributed by atoms with Gasteiger partial charge in [0.05, 0.1) is 25.0 Å². The molecule has 5 aromatic rings. The van der Waals surface area contributed by atoms with E-state index in [1.54, 1.807) is 14.2 Å². The molecule has 3 nitrogen and oxygen atoms in total. The molecule has 0 amide bonds. The Balaban J connectivity index is 0.00000218. The van der Waals surface area contributed by atoms with Crippen LogP contribution in [0, 0.1) is 0 Å². The summed E-state index contributed by atoms with van der Waals surface area (Å²) in [5.74, 6) is 1.71. The molecule has 0 bridgehead atoms. The largest absolute Gasteiger partial charge is 1.00 e. The van der Waals surface area contributed by atoms with E-state index >= 15 is 0 Å². The predicted molar refractivity (Wildman–Crippen MR) is 119 cm³/mol. The highest BCUT2D eigenvalue weighted by atomic mass is 79.9. The second-order valence-corrected chi connectivity index (χ2v) is 7.17. The van der Waals surface area contributed by atoms with Gasteiger partial charge in [0, 0.05) is 17.7 Å². The van der Waals surface area contributed by atoms with Gasteiger partial charge in [-0.05, 0) is 28.5 Å². The molecule has 0 N–H and O–H groups in total. The van der Waals surface area contributed by atoms with Crippen molar-refractivity contribution in [2.45, 2.75) is 0 Å². The van der Waals surface area contributed by atoms with Gasteiger partial charge in [-0.1, -0.05) is 54.6 Å². The van der Waals surface area contributed by atoms with Crippen molar-refractivity contribution in [2.75, 3.05) is 14.2 Å². The highest BCUT2D eigenvalue weighted by Crippen LogP contribution is 2.44. The number of aromatic nitrogens is 1. The van der Waals surface area contributed by atoms with E-state index in [0.29, 0.717) is 0 Å². The Bertz CT molecular complexity index is 1320. The monoisotopic (exact) mass is 459 g/mol. The fourth-order valence-electron chi connectivity index (χ4n) is 4.41. The molecule has 0 fully saturated rings. The molecule has 0 aliphatic rings. The first-order valence-electron chi connectivity index (χ1n) is 9.68. The fourth-order valence-corrected chi connectivity index (χ4v) is 4.41. The van der Waals surface area contributed by atoms with E-state index in [4.69, 9.17) is 9.47 Å². The minimum atomic E-state index is 0. The van der Waals surface area contributed by atoms with Crippen LogP contribution in [0.3, 0.4) is 0 Å². The molecule has 4 heteroatoms. The lowest BCUT2D eigenvalue weighted by atomic mass is 9.91. The topological polar surface area (TPSA) is 22.3 Å². The standard InChI is InChI=1S/C26H22NO2.BrH/c1-27-20-13-7-15-22(28-2)25(20)24(26-21(27)14-8-16-23(26)29-3)19-12-6-10-17-9-4-5-11-18(17)19;/h4-16H,1-3H3;1H/q+1;/p-1. The Labute approximate surface area is 186 Å². The molecule has 5 rings (SSSR count). The number of rotatable bonds is 3. The van der Waals surface area contributed by atoms with Crippen molar-refractivity contribution < 1.29 is 31.0 Å². The van der Waals surface area contributed by atoms with Gasteiger partial charge in [0.25, 0.3) is 0 Å². The molecule has 0 aliphatic heterocycles. The van der Waals surface area contributed by atoms with E-state index in [1.807, 2.05) is 24.3 Å². The molecule has 0 aliphatic carbocycles.